The Morgan fingerprint density at radius 3 is 1.64 bits per heavy atom. The predicted octanol–water partition coefficient (Wildman–Crippen LogP) is 12.6. The molecule has 0 saturated carbocycles. The smallest absolute Gasteiger partial charge is 0.136 e. The molecule has 0 amide bonds. The van der Waals surface area contributed by atoms with Crippen LogP contribution < -0.4 is 0 Å². The van der Waals surface area contributed by atoms with E-state index in [1.165, 1.54) is 87.2 Å². The van der Waals surface area contributed by atoms with Gasteiger partial charge in [-0.05, 0) is 107 Å². The van der Waals surface area contributed by atoms with Crippen molar-refractivity contribution >= 4 is 65.0 Å². The van der Waals surface area contributed by atoms with E-state index >= 15 is 0 Å². The van der Waals surface area contributed by atoms with Crippen LogP contribution in [0.5, 0.6) is 0 Å². The van der Waals surface area contributed by atoms with Crippen LogP contribution in [0.2, 0.25) is 0 Å². The first-order valence-corrected chi connectivity index (χ1v) is 15.5. The highest BCUT2D eigenvalue weighted by molar-refractivity contribution is 6.28. The van der Waals surface area contributed by atoms with E-state index in [0.29, 0.717) is 0 Å². The second-order valence-corrected chi connectivity index (χ2v) is 12.0. The van der Waals surface area contributed by atoms with E-state index in [1.807, 2.05) is 0 Å². The lowest BCUT2D eigenvalue weighted by atomic mass is 9.84. The molecule has 1 nitrogen and oxygen atoms in total. The van der Waals surface area contributed by atoms with Crippen LogP contribution in [0.25, 0.3) is 98.4 Å². The lowest BCUT2D eigenvalue weighted by Gasteiger charge is -2.19. The minimum absolute atomic E-state index is 0.942. The van der Waals surface area contributed by atoms with Crippen LogP contribution >= 0.6 is 0 Å². The van der Waals surface area contributed by atoms with Crippen molar-refractivity contribution < 1.29 is 4.42 Å². The zero-order valence-corrected chi connectivity index (χ0v) is 24.4. The molecule has 10 rings (SSSR count). The van der Waals surface area contributed by atoms with E-state index in [2.05, 4.69) is 158 Å². The third-order valence-corrected chi connectivity index (χ3v) is 9.60. The van der Waals surface area contributed by atoms with Gasteiger partial charge in [-0.25, -0.2) is 0 Å². The molecule has 0 atom stereocenters. The monoisotopic (exact) mass is 570 g/mol. The Bertz CT molecular complexity index is 2690. The van der Waals surface area contributed by atoms with Crippen molar-refractivity contribution in [3.8, 4) is 33.4 Å². The lowest BCUT2D eigenvalue weighted by Crippen LogP contribution is -1.92. The zero-order valence-electron chi connectivity index (χ0n) is 24.4. The Labute approximate surface area is 259 Å². The average Bonchev–Trinajstić information content (AvgIpc) is 3.49. The Morgan fingerprint density at radius 2 is 0.911 bits per heavy atom. The van der Waals surface area contributed by atoms with E-state index in [1.54, 1.807) is 0 Å². The fraction of sp³-hybridized carbons (Fsp3) is 0. The Hall–Kier alpha value is -5.92. The molecule has 0 aliphatic heterocycles. The van der Waals surface area contributed by atoms with Crippen LogP contribution in [0.15, 0.2) is 162 Å². The van der Waals surface area contributed by atoms with Crippen molar-refractivity contribution in [1.29, 1.82) is 0 Å². The molecule has 0 N–H and O–H groups in total. The van der Waals surface area contributed by atoms with Crippen LogP contribution in [0.3, 0.4) is 0 Å². The molecule has 0 fully saturated rings. The molecule has 9 aromatic carbocycles. The summed E-state index contributed by atoms with van der Waals surface area (Å²) in [5.41, 5.74) is 9.39. The van der Waals surface area contributed by atoms with Crippen molar-refractivity contribution in [2.45, 2.75) is 0 Å². The molecule has 208 valence electrons. The molecule has 0 aliphatic carbocycles. The fourth-order valence-corrected chi connectivity index (χ4v) is 7.61. The molecule has 1 heteroatoms. The van der Waals surface area contributed by atoms with Gasteiger partial charge in [-0.15, -0.1) is 0 Å². The van der Waals surface area contributed by atoms with Crippen LogP contribution in [0.4, 0.5) is 0 Å². The Morgan fingerprint density at radius 1 is 0.311 bits per heavy atom. The fourth-order valence-electron chi connectivity index (χ4n) is 7.61. The molecule has 1 aromatic heterocycles. The number of furan rings is 1. The molecule has 45 heavy (non-hydrogen) atoms. The van der Waals surface area contributed by atoms with E-state index in [0.717, 1.165) is 11.2 Å². The van der Waals surface area contributed by atoms with E-state index in [4.69, 9.17) is 4.42 Å². The summed E-state index contributed by atoms with van der Waals surface area (Å²) in [4.78, 5) is 0. The number of benzene rings is 9. The van der Waals surface area contributed by atoms with Gasteiger partial charge in [0, 0.05) is 10.8 Å². The first-order valence-electron chi connectivity index (χ1n) is 15.5. The largest absolute Gasteiger partial charge is 0.456 e. The number of hydrogen-bond donors (Lipinski definition) is 0. The summed E-state index contributed by atoms with van der Waals surface area (Å²) in [7, 11) is 0. The highest BCUT2D eigenvalue weighted by Crippen LogP contribution is 2.48. The summed E-state index contributed by atoms with van der Waals surface area (Å²) in [5, 5.41) is 12.4. The van der Waals surface area contributed by atoms with Gasteiger partial charge in [0.25, 0.3) is 0 Å². The van der Waals surface area contributed by atoms with E-state index in [-0.39, 0.29) is 0 Å². The highest BCUT2D eigenvalue weighted by Gasteiger charge is 2.21. The molecule has 0 spiro atoms. The molecule has 0 unspecified atom stereocenters. The minimum Gasteiger partial charge on any atom is -0.456 e. The third kappa shape index (κ3) is 3.56. The van der Waals surface area contributed by atoms with Gasteiger partial charge in [0.2, 0.25) is 0 Å². The van der Waals surface area contributed by atoms with Crippen molar-refractivity contribution in [3.63, 3.8) is 0 Å². The molecule has 10 aromatic rings. The Balaban J connectivity index is 1.25. The number of fused-ring (bicyclic) bond motifs is 3. The third-order valence-electron chi connectivity index (χ3n) is 9.60. The molecular weight excluding hydrogens is 544 g/mol. The zero-order chi connectivity index (χ0) is 29.5. The van der Waals surface area contributed by atoms with Crippen molar-refractivity contribution in [3.05, 3.63) is 158 Å². The molecule has 0 aliphatic rings. The van der Waals surface area contributed by atoms with Crippen LogP contribution in [0.1, 0.15) is 0 Å². The van der Waals surface area contributed by atoms with Gasteiger partial charge in [0.1, 0.15) is 11.2 Å². The SMILES string of the molecule is c1ccc(-c2ccc3cc(-c4c5ccccc5c(-c5ccc6oc7cccc8ccc5c6c87)c5ccccc45)ccc3c2)cc1. The molecular formula is C44H26O. The summed E-state index contributed by atoms with van der Waals surface area (Å²) in [6.45, 7) is 0. The van der Waals surface area contributed by atoms with Gasteiger partial charge in [-0.1, -0.05) is 127 Å². The first-order chi connectivity index (χ1) is 22.3. The molecule has 0 saturated heterocycles. The second-order valence-electron chi connectivity index (χ2n) is 12.0. The van der Waals surface area contributed by atoms with Gasteiger partial charge < -0.3 is 4.42 Å². The number of rotatable bonds is 3. The summed E-state index contributed by atoms with van der Waals surface area (Å²) in [6, 6.07) is 57.4. The quantitative estimate of drug-likeness (QED) is 0.152. The second kappa shape index (κ2) is 9.29. The van der Waals surface area contributed by atoms with Crippen molar-refractivity contribution in [2.75, 3.05) is 0 Å². The summed E-state index contributed by atoms with van der Waals surface area (Å²) in [5.74, 6) is 0. The maximum Gasteiger partial charge on any atom is 0.136 e. The average molecular weight is 571 g/mol. The molecule has 0 bridgehead atoms. The van der Waals surface area contributed by atoms with Gasteiger partial charge >= 0.3 is 0 Å². The van der Waals surface area contributed by atoms with Crippen LogP contribution in [0, 0.1) is 0 Å². The van der Waals surface area contributed by atoms with Gasteiger partial charge in [0.05, 0.1) is 0 Å². The number of hydrogen-bond acceptors (Lipinski definition) is 1. The maximum absolute atomic E-state index is 6.32. The maximum atomic E-state index is 6.32. The van der Waals surface area contributed by atoms with Gasteiger partial charge in [-0.3, -0.25) is 0 Å². The molecule has 1 heterocycles. The first kappa shape index (κ1) is 24.5. The summed E-state index contributed by atoms with van der Waals surface area (Å²) in [6.07, 6.45) is 0. The Kier molecular flexibility index (Phi) is 5.06. The van der Waals surface area contributed by atoms with Gasteiger partial charge in [0.15, 0.2) is 0 Å². The normalized spacial score (nSPS) is 12.0. The van der Waals surface area contributed by atoms with E-state index < -0.39 is 0 Å². The highest BCUT2D eigenvalue weighted by atomic mass is 16.3. The van der Waals surface area contributed by atoms with Crippen molar-refractivity contribution in [1.82, 2.24) is 0 Å². The summed E-state index contributed by atoms with van der Waals surface area (Å²) >= 11 is 0. The lowest BCUT2D eigenvalue weighted by molar-refractivity contribution is 0.669. The standard InChI is InChI=1S/C44H26O/c1-2-9-27(10-3-1)29-17-18-31-26-32(20-19-30(31)25-29)41-33-12-4-6-14-35(33)43(36-15-7-5-13-34(36)41)37-23-24-40-44-38(37)22-21-28-11-8-16-39(45-40)42(28)44/h1-26H. The van der Waals surface area contributed by atoms with E-state index in [9.17, 15) is 0 Å². The van der Waals surface area contributed by atoms with Crippen molar-refractivity contribution in [2.24, 2.45) is 0 Å². The molecule has 0 radical (unpaired) electrons. The van der Waals surface area contributed by atoms with Crippen LogP contribution in [-0.4, -0.2) is 0 Å². The topological polar surface area (TPSA) is 13.1 Å². The summed E-state index contributed by atoms with van der Waals surface area (Å²) < 4.78 is 6.32. The van der Waals surface area contributed by atoms with Gasteiger partial charge in [-0.2, -0.15) is 0 Å². The predicted molar refractivity (Wildman–Crippen MR) is 191 cm³/mol. The van der Waals surface area contributed by atoms with Crippen LogP contribution in [-0.2, 0) is 0 Å². The minimum atomic E-state index is 0.942.